The minimum atomic E-state index is -3.93. The van der Waals surface area contributed by atoms with E-state index >= 15 is 0 Å². The molecular weight excluding hydrogens is 333 g/mol. The molecule has 0 aliphatic heterocycles. The number of sulfonamides is 1. The number of nitrogens with zero attached hydrogens (tertiary/aromatic N) is 1. The molecule has 8 heteroatoms. The summed E-state index contributed by atoms with van der Waals surface area (Å²) in [5.74, 6) is 0.196. The van der Waals surface area contributed by atoms with E-state index in [1.54, 1.807) is 24.3 Å². The second kappa shape index (κ2) is 5.22. The van der Waals surface area contributed by atoms with Crippen LogP contribution in [0.25, 0.3) is 10.9 Å². The highest BCUT2D eigenvalue weighted by atomic mass is 35.5. The monoisotopic (exact) mass is 341 g/mol. The highest BCUT2D eigenvalue weighted by Gasteiger charge is 2.23. The average molecular weight is 342 g/mol. The van der Waals surface area contributed by atoms with Crippen molar-refractivity contribution >= 4 is 49.9 Å². The van der Waals surface area contributed by atoms with Gasteiger partial charge < -0.3 is 0 Å². The third-order valence-electron chi connectivity index (χ3n) is 2.89. The average Bonchev–Trinajstić information content (AvgIpc) is 2.81. The maximum Gasteiger partial charge on any atom is 0.266 e. The van der Waals surface area contributed by atoms with Crippen LogP contribution in [0, 0.1) is 0 Å². The van der Waals surface area contributed by atoms with E-state index in [0.717, 1.165) is 5.52 Å². The molecule has 1 heterocycles. The van der Waals surface area contributed by atoms with E-state index < -0.39 is 10.0 Å². The van der Waals surface area contributed by atoms with Gasteiger partial charge in [-0.2, -0.15) is 5.10 Å². The molecule has 3 rings (SSSR count). The Morgan fingerprint density at radius 3 is 2.38 bits per heavy atom. The number of aromatic amines is 1. The Bertz CT molecular complexity index is 902. The molecule has 0 amide bonds. The van der Waals surface area contributed by atoms with E-state index in [4.69, 9.17) is 23.2 Å². The number of hydrogen-bond donors (Lipinski definition) is 2. The van der Waals surface area contributed by atoms with Gasteiger partial charge in [0.15, 0.2) is 5.82 Å². The Morgan fingerprint density at radius 2 is 1.67 bits per heavy atom. The van der Waals surface area contributed by atoms with E-state index in [1.807, 2.05) is 6.07 Å². The highest BCUT2D eigenvalue weighted by Crippen LogP contribution is 2.31. The van der Waals surface area contributed by atoms with Crippen LogP contribution in [-0.2, 0) is 10.0 Å². The number of benzene rings is 2. The summed E-state index contributed by atoms with van der Waals surface area (Å²) in [6.07, 6.45) is 0. The number of hydrogen-bond acceptors (Lipinski definition) is 3. The van der Waals surface area contributed by atoms with Crippen LogP contribution in [0.1, 0.15) is 0 Å². The molecule has 5 nitrogen and oxygen atoms in total. The molecule has 21 heavy (non-hydrogen) atoms. The first-order valence-corrected chi connectivity index (χ1v) is 8.13. The number of nitrogens with one attached hydrogen (secondary N) is 2. The van der Waals surface area contributed by atoms with Crippen molar-refractivity contribution in [2.24, 2.45) is 0 Å². The quantitative estimate of drug-likeness (QED) is 0.763. The van der Waals surface area contributed by atoms with Crippen molar-refractivity contribution < 1.29 is 8.42 Å². The Balaban J connectivity index is 2.08. The summed E-state index contributed by atoms with van der Waals surface area (Å²) in [6, 6.07) is 11.7. The lowest BCUT2D eigenvalue weighted by Crippen LogP contribution is -2.14. The lowest BCUT2D eigenvalue weighted by atomic mass is 10.2. The van der Waals surface area contributed by atoms with Gasteiger partial charge in [-0.15, -0.1) is 0 Å². The number of fused-ring (bicyclic) bond motifs is 1. The van der Waals surface area contributed by atoms with Gasteiger partial charge in [0.05, 0.1) is 15.6 Å². The molecule has 2 aromatic carbocycles. The van der Waals surface area contributed by atoms with Crippen LogP contribution in [0.2, 0.25) is 10.0 Å². The van der Waals surface area contributed by atoms with Gasteiger partial charge in [0.2, 0.25) is 0 Å². The fraction of sp³-hybridized carbons (Fsp3) is 0. The number of aromatic nitrogens is 2. The number of para-hydroxylation sites is 1. The maximum atomic E-state index is 12.5. The molecule has 0 unspecified atom stereocenters. The zero-order valence-corrected chi connectivity index (χ0v) is 12.8. The van der Waals surface area contributed by atoms with E-state index in [1.165, 1.54) is 12.1 Å². The second-order valence-corrected chi connectivity index (χ2v) is 6.71. The SMILES string of the molecule is O=S(=O)(Nc1n[nH]c2ccccc12)c1c(Cl)cccc1Cl. The minimum absolute atomic E-state index is 0.0508. The van der Waals surface area contributed by atoms with Crippen molar-refractivity contribution in [3.63, 3.8) is 0 Å². The maximum absolute atomic E-state index is 12.5. The van der Waals surface area contributed by atoms with E-state index in [2.05, 4.69) is 14.9 Å². The molecule has 1 aromatic heterocycles. The predicted molar refractivity (Wildman–Crippen MR) is 83.4 cm³/mol. The zero-order valence-electron chi connectivity index (χ0n) is 10.5. The van der Waals surface area contributed by atoms with Gasteiger partial charge in [0.25, 0.3) is 10.0 Å². The molecule has 0 saturated heterocycles. The minimum Gasteiger partial charge on any atom is -0.276 e. The highest BCUT2D eigenvalue weighted by molar-refractivity contribution is 7.93. The molecule has 3 aromatic rings. The molecule has 0 radical (unpaired) electrons. The number of rotatable bonds is 3. The van der Waals surface area contributed by atoms with Crippen LogP contribution in [0.15, 0.2) is 47.4 Å². The first kappa shape index (κ1) is 14.2. The molecule has 0 atom stereocenters. The Morgan fingerprint density at radius 1 is 1.00 bits per heavy atom. The van der Waals surface area contributed by atoms with Crippen molar-refractivity contribution in [1.82, 2.24) is 10.2 Å². The zero-order chi connectivity index (χ0) is 15.0. The van der Waals surface area contributed by atoms with Gasteiger partial charge in [-0.1, -0.05) is 41.4 Å². The molecule has 0 aliphatic carbocycles. The van der Waals surface area contributed by atoms with Gasteiger partial charge in [-0.25, -0.2) is 8.42 Å². The molecular formula is C13H9Cl2N3O2S. The lowest BCUT2D eigenvalue weighted by molar-refractivity contribution is 0.601. The summed E-state index contributed by atoms with van der Waals surface area (Å²) in [5, 5.41) is 7.47. The smallest absolute Gasteiger partial charge is 0.266 e. The van der Waals surface area contributed by atoms with Crippen molar-refractivity contribution in [3.8, 4) is 0 Å². The fourth-order valence-electron chi connectivity index (χ4n) is 1.96. The van der Waals surface area contributed by atoms with E-state index in [9.17, 15) is 8.42 Å². The third-order valence-corrected chi connectivity index (χ3v) is 5.18. The van der Waals surface area contributed by atoms with Crippen molar-refractivity contribution in [3.05, 3.63) is 52.5 Å². The molecule has 0 fully saturated rings. The van der Waals surface area contributed by atoms with Crippen LogP contribution < -0.4 is 4.72 Å². The van der Waals surface area contributed by atoms with Crippen LogP contribution in [0.3, 0.4) is 0 Å². The van der Waals surface area contributed by atoms with Crippen LogP contribution in [0.5, 0.6) is 0 Å². The molecule has 108 valence electrons. The van der Waals surface area contributed by atoms with Crippen molar-refractivity contribution in [1.29, 1.82) is 0 Å². The van der Waals surface area contributed by atoms with Crippen LogP contribution in [0.4, 0.5) is 5.82 Å². The Hall–Kier alpha value is -1.76. The molecule has 2 N–H and O–H groups in total. The number of halogens is 2. The normalized spacial score (nSPS) is 11.7. The van der Waals surface area contributed by atoms with Gasteiger partial charge in [-0.05, 0) is 24.3 Å². The standard InChI is InChI=1S/C13H9Cl2N3O2S/c14-9-5-3-6-10(15)12(9)21(19,20)18-13-8-4-1-2-7-11(8)16-17-13/h1-7H,(H2,16,17,18). The van der Waals surface area contributed by atoms with Crippen molar-refractivity contribution in [2.45, 2.75) is 4.90 Å². The summed E-state index contributed by atoms with van der Waals surface area (Å²) in [5.41, 5.74) is 0.723. The Labute approximate surface area is 130 Å². The Kier molecular flexibility index (Phi) is 3.52. The third kappa shape index (κ3) is 2.57. The van der Waals surface area contributed by atoms with Gasteiger partial charge in [0.1, 0.15) is 4.90 Å². The summed E-state index contributed by atoms with van der Waals surface area (Å²) < 4.78 is 27.3. The first-order chi connectivity index (χ1) is 9.99. The summed E-state index contributed by atoms with van der Waals surface area (Å²) >= 11 is 11.9. The second-order valence-electron chi connectivity index (χ2n) is 4.27. The fourth-order valence-corrected chi connectivity index (χ4v) is 4.13. The van der Waals surface area contributed by atoms with E-state index in [-0.39, 0.29) is 20.8 Å². The van der Waals surface area contributed by atoms with Gasteiger partial charge in [0, 0.05) is 5.39 Å². The number of H-pyrrole nitrogens is 1. The summed E-state index contributed by atoms with van der Waals surface area (Å²) in [6.45, 7) is 0. The largest absolute Gasteiger partial charge is 0.276 e. The molecule has 0 spiro atoms. The van der Waals surface area contributed by atoms with Crippen molar-refractivity contribution in [2.75, 3.05) is 4.72 Å². The first-order valence-electron chi connectivity index (χ1n) is 5.89. The lowest BCUT2D eigenvalue weighted by Gasteiger charge is -2.09. The molecule has 0 aliphatic rings. The molecule has 0 saturated carbocycles. The molecule has 0 bridgehead atoms. The predicted octanol–water partition coefficient (Wildman–Crippen LogP) is 3.67. The summed E-state index contributed by atoms with van der Waals surface area (Å²) in [7, 11) is -3.93. The van der Waals surface area contributed by atoms with Gasteiger partial charge in [-0.3, -0.25) is 9.82 Å². The van der Waals surface area contributed by atoms with Crippen LogP contribution >= 0.6 is 23.2 Å². The summed E-state index contributed by atoms with van der Waals surface area (Å²) in [4.78, 5) is -0.166. The van der Waals surface area contributed by atoms with Crippen LogP contribution in [-0.4, -0.2) is 18.6 Å². The van der Waals surface area contributed by atoms with E-state index in [0.29, 0.717) is 5.39 Å². The van der Waals surface area contributed by atoms with Gasteiger partial charge >= 0.3 is 0 Å². The number of anilines is 1. The topological polar surface area (TPSA) is 74.8 Å².